The van der Waals surface area contributed by atoms with E-state index in [0.29, 0.717) is 12.5 Å². The predicted molar refractivity (Wildman–Crippen MR) is 106 cm³/mol. The van der Waals surface area contributed by atoms with Gasteiger partial charge in [0.05, 0.1) is 19.2 Å². The molecule has 1 saturated carbocycles. The van der Waals surface area contributed by atoms with Crippen molar-refractivity contribution in [2.75, 3.05) is 25.6 Å². The molecular weight excluding hydrogens is 396 g/mol. The molecule has 0 atom stereocenters. The number of aromatic nitrogens is 2. The van der Waals surface area contributed by atoms with Crippen LogP contribution in [0.4, 0.5) is 5.95 Å². The van der Waals surface area contributed by atoms with Gasteiger partial charge in [-0.05, 0) is 37.1 Å². The molecule has 0 aliphatic heterocycles. The Balaban J connectivity index is 1.64. The number of sulfonamides is 1. The highest BCUT2D eigenvalue weighted by molar-refractivity contribution is 7.89. The third-order valence-corrected chi connectivity index (χ3v) is 6.09. The van der Waals surface area contributed by atoms with Crippen molar-refractivity contribution in [3.8, 4) is 5.75 Å². The van der Waals surface area contributed by atoms with Crippen LogP contribution in [0, 0.1) is 0 Å². The molecule has 9 nitrogen and oxygen atoms in total. The number of methoxy groups -OCH3 is 1. The van der Waals surface area contributed by atoms with Crippen molar-refractivity contribution in [3.63, 3.8) is 0 Å². The van der Waals surface area contributed by atoms with E-state index in [1.54, 1.807) is 18.5 Å². The zero-order chi connectivity index (χ0) is 20.7. The lowest BCUT2D eigenvalue weighted by atomic mass is 10.2. The highest BCUT2D eigenvalue weighted by atomic mass is 32.2. The molecule has 0 saturated heterocycles. The Morgan fingerprint density at radius 1 is 1.21 bits per heavy atom. The minimum absolute atomic E-state index is 0.0721. The first-order valence-corrected chi connectivity index (χ1v) is 10.9. The van der Waals surface area contributed by atoms with Gasteiger partial charge in [0.1, 0.15) is 17.3 Å². The van der Waals surface area contributed by atoms with E-state index in [0.717, 1.165) is 25.7 Å². The van der Waals surface area contributed by atoms with Crippen LogP contribution in [-0.2, 0) is 14.8 Å². The van der Waals surface area contributed by atoms with Crippen molar-refractivity contribution in [2.24, 2.45) is 0 Å². The van der Waals surface area contributed by atoms with Gasteiger partial charge in [0, 0.05) is 18.4 Å². The monoisotopic (exact) mass is 420 g/mol. The van der Waals surface area contributed by atoms with E-state index in [-0.39, 0.29) is 28.9 Å². The fourth-order valence-corrected chi connectivity index (χ4v) is 4.62. The van der Waals surface area contributed by atoms with E-state index in [1.807, 2.05) is 0 Å². The molecule has 3 rings (SSSR count). The molecule has 10 heteroatoms. The number of nitrogens with one attached hydrogen (secondary N) is 2. The van der Waals surface area contributed by atoms with E-state index in [9.17, 15) is 13.2 Å². The molecule has 0 unspecified atom stereocenters. The smallest absolute Gasteiger partial charge is 0.338 e. The summed E-state index contributed by atoms with van der Waals surface area (Å²) in [5.41, 5.74) is 0.133. The van der Waals surface area contributed by atoms with Crippen LogP contribution in [0.15, 0.2) is 41.6 Å². The number of nitrogens with zero attached hydrogens (tertiary/aromatic N) is 2. The molecule has 0 amide bonds. The van der Waals surface area contributed by atoms with E-state index in [4.69, 9.17) is 9.47 Å². The minimum atomic E-state index is -3.82. The number of anilines is 1. The van der Waals surface area contributed by atoms with Gasteiger partial charge in [-0.25, -0.2) is 27.9 Å². The minimum Gasteiger partial charge on any atom is -0.495 e. The normalized spacial score (nSPS) is 14.5. The number of esters is 1. The van der Waals surface area contributed by atoms with Crippen LogP contribution in [0.5, 0.6) is 5.75 Å². The van der Waals surface area contributed by atoms with Gasteiger partial charge in [-0.3, -0.25) is 0 Å². The van der Waals surface area contributed by atoms with Gasteiger partial charge in [0.25, 0.3) is 0 Å². The number of carbonyl (C=O) groups excluding carboxylic acids is 1. The molecule has 0 spiro atoms. The number of carbonyl (C=O) groups is 1. The molecule has 1 aliphatic carbocycles. The van der Waals surface area contributed by atoms with E-state index >= 15 is 0 Å². The van der Waals surface area contributed by atoms with Gasteiger partial charge in [-0.15, -0.1) is 0 Å². The molecule has 0 radical (unpaired) electrons. The van der Waals surface area contributed by atoms with Crippen molar-refractivity contribution in [3.05, 3.63) is 42.2 Å². The van der Waals surface area contributed by atoms with Crippen molar-refractivity contribution >= 4 is 21.9 Å². The topological polar surface area (TPSA) is 120 Å². The summed E-state index contributed by atoms with van der Waals surface area (Å²) in [6.45, 7) is 0.395. The van der Waals surface area contributed by atoms with Crippen LogP contribution in [0.3, 0.4) is 0 Å². The SMILES string of the molecule is COc1ccc(C(=O)OCCNc2ncccn2)cc1S(=O)(=O)NC1CCCC1. The van der Waals surface area contributed by atoms with Crippen LogP contribution < -0.4 is 14.8 Å². The van der Waals surface area contributed by atoms with Crippen LogP contribution in [0.2, 0.25) is 0 Å². The maximum Gasteiger partial charge on any atom is 0.338 e. The molecule has 1 aliphatic rings. The Morgan fingerprint density at radius 3 is 2.62 bits per heavy atom. The number of benzene rings is 1. The third-order valence-electron chi connectivity index (χ3n) is 4.55. The molecule has 156 valence electrons. The number of hydrogen-bond donors (Lipinski definition) is 2. The molecule has 0 bridgehead atoms. The van der Waals surface area contributed by atoms with Gasteiger partial charge >= 0.3 is 5.97 Å². The Labute approximate surface area is 169 Å². The van der Waals surface area contributed by atoms with E-state index < -0.39 is 16.0 Å². The molecule has 29 heavy (non-hydrogen) atoms. The Kier molecular flexibility index (Phi) is 6.99. The maximum absolute atomic E-state index is 12.8. The second kappa shape index (κ2) is 9.66. The largest absolute Gasteiger partial charge is 0.495 e. The fraction of sp³-hybridized carbons (Fsp3) is 0.421. The van der Waals surface area contributed by atoms with Gasteiger partial charge in [0.2, 0.25) is 16.0 Å². The van der Waals surface area contributed by atoms with Gasteiger partial charge in [-0.1, -0.05) is 12.8 Å². The highest BCUT2D eigenvalue weighted by Crippen LogP contribution is 2.27. The van der Waals surface area contributed by atoms with Crippen LogP contribution in [0.1, 0.15) is 36.0 Å². The summed E-state index contributed by atoms with van der Waals surface area (Å²) >= 11 is 0. The summed E-state index contributed by atoms with van der Waals surface area (Å²) in [6, 6.07) is 5.82. The van der Waals surface area contributed by atoms with Gasteiger partial charge in [0.15, 0.2) is 0 Å². The lowest BCUT2D eigenvalue weighted by Crippen LogP contribution is -2.33. The third kappa shape index (κ3) is 5.64. The summed E-state index contributed by atoms with van der Waals surface area (Å²) in [7, 11) is -2.43. The first-order chi connectivity index (χ1) is 14.0. The molecular formula is C19H24N4O5S. The number of hydrogen-bond acceptors (Lipinski definition) is 8. The Hall–Kier alpha value is -2.72. The highest BCUT2D eigenvalue weighted by Gasteiger charge is 2.26. The van der Waals surface area contributed by atoms with Gasteiger partial charge < -0.3 is 14.8 Å². The lowest BCUT2D eigenvalue weighted by Gasteiger charge is -2.15. The summed E-state index contributed by atoms with van der Waals surface area (Å²) < 4.78 is 38.7. The summed E-state index contributed by atoms with van der Waals surface area (Å²) in [5.74, 6) is -0.0185. The van der Waals surface area contributed by atoms with E-state index in [2.05, 4.69) is 20.0 Å². The molecule has 2 aromatic rings. The molecule has 1 aromatic carbocycles. The Morgan fingerprint density at radius 2 is 1.93 bits per heavy atom. The molecule has 2 N–H and O–H groups in total. The van der Waals surface area contributed by atoms with Gasteiger partial charge in [-0.2, -0.15) is 0 Å². The van der Waals surface area contributed by atoms with Crippen molar-refractivity contribution in [1.29, 1.82) is 0 Å². The number of rotatable bonds is 9. The second-order valence-corrected chi connectivity index (χ2v) is 8.29. The summed E-state index contributed by atoms with van der Waals surface area (Å²) in [4.78, 5) is 20.3. The molecule has 1 aromatic heterocycles. The van der Waals surface area contributed by atoms with E-state index in [1.165, 1.54) is 25.3 Å². The van der Waals surface area contributed by atoms with Crippen molar-refractivity contribution < 1.29 is 22.7 Å². The second-order valence-electron chi connectivity index (χ2n) is 6.60. The standard InChI is InChI=1S/C19H24N4O5S/c1-27-16-8-7-14(13-17(16)29(25,26)23-15-5-2-3-6-15)18(24)28-12-11-22-19-20-9-4-10-21-19/h4,7-10,13,15,23H,2-3,5-6,11-12H2,1H3,(H,20,21,22). The van der Waals surface area contributed by atoms with Crippen LogP contribution in [-0.4, -0.2) is 50.7 Å². The predicted octanol–water partition coefficient (Wildman–Crippen LogP) is 1.97. The van der Waals surface area contributed by atoms with Crippen LogP contribution in [0.25, 0.3) is 0 Å². The first-order valence-electron chi connectivity index (χ1n) is 9.38. The molecule has 1 fully saturated rings. The lowest BCUT2D eigenvalue weighted by molar-refractivity contribution is 0.0520. The first kappa shape index (κ1) is 21.0. The quantitative estimate of drug-likeness (QED) is 0.467. The maximum atomic E-state index is 12.8. The average molecular weight is 420 g/mol. The molecule has 1 heterocycles. The van der Waals surface area contributed by atoms with Crippen molar-refractivity contribution in [1.82, 2.24) is 14.7 Å². The summed E-state index contributed by atoms with van der Waals surface area (Å²) in [5, 5.41) is 2.92. The average Bonchev–Trinajstić information content (AvgIpc) is 3.23. The zero-order valence-corrected chi connectivity index (χ0v) is 16.9. The Bertz CT molecular complexity index is 931. The fourth-order valence-electron chi connectivity index (χ4n) is 3.12. The zero-order valence-electron chi connectivity index (χ0n) is 16.1. The summed E-state index contributed by atoms with van der Waals surface area (Å²) in [6.07, 6.45) is 6.81. The number of ether oxygens (including phenoxy) is 2. The van der Waals surface area contributed by atoms with Crippen molar-refractivity contribution in [2.45, 2.75) is 36.6 Å². The van der Waals surface area contributed by atoms with Crippen LogP contribution >= 0.6 is 0 Å².